The Morgan fingerprint density at radius 3 is 2.76 bits per heavy atom. The summed E-state index contributed by atoms with van der Waals surface area (Å²) >= 11 is 1.26. The van der Waals surface area contributed by atoms with Gasteiger partial charge >= 0.3 is 12.0 Å². The van der Waals surface area contributed by atoms with Crippen molar-refractivity contribution in [3.8, 4) is 0 Å². The SMILES string of the molecule is Cc1sc(NC(=O)N(C)Cc2ncc[nH]2)c(C(=O)O)c1C. The predicted octanol–water partition coefficient (Wildman–Crippen LogP) is 2.45. The van der Waals surface area contributed by atoms with E-state index in [-0.39, 0.29) is 11.6 Å². The Labute approximate surface area is 125 Å². The van der Waals surface area contributed by atoms with E-state index >= 15 is 0 Å². The van der Waals surface area contributed by atoms with E-state index in [2.05, 4.69) is 15.3 Å². The molecule has 0 saturated carbocycles. The molecule has 8 heteroatoms. The number of aromatic amines is 1. The number of urea groups is 1. The molecular formula is C13H16N4O3S. The highest BCUT2D eigenvalue weighted by molar-refractivity contribution is 7.16. The van der Waals surface area contributed by atoms with E-state index in [0.717, 1.165) is 4.88 Å². The molecule has 0 saturated heterocycles. The minimum atomic E-state index is -1.04. The Kier molecular flexibility index (Phi) is 4.27. The molecule has 2 amide bonds. The third kappa shape index (κ3) is 3.22. The molecule has 0 radical (unpaired) electrons. The molecule has 7 nitrogen and oxygen atoms in total. The number of aromatic nitrogens is 2. The standard InChI is InChI=1S/C13H16N4O3S/c1-7-8(2)21-11(10(7)12(18)19)16-13(20)17(3)6-9-14-4-5-15-9/h4-5H,6H2,1-3H3,(H,14,15)(H,16,20)(H,18,19). The van der Waals surface area contributed by atoms with Gasteiger partial charge in [-0.05, 0) is 19.4 Å². The van der Waals surface area contributed by atoms with Crippen molar-refractivity contribution in [2.45, 2.75) is 20.4 Å². The van der Waals surface area contributed by atoms with Gasteiger partial charge in [0.05, 0.1) is 12.1 Å². The van der Waals surface area contributed by atoms with Crippen molar-refractivity contribution < 1.29 is 14.7 Å². The van der Waals surface area contributed by atoms with Gasteiger partial charge in [-0.1, -0.05) is 0 Å². The van der Waals surface area contributed by atoms with Crippen LogP contribution in [0.4, 0.5) is 9.80 Å². The summed E-state index contributed by atoms with van der Waals surface area (Å²) in [6.07, 6.45) is 3.28. The van der Waals surface area contributed by atoms with Crippen LogP contribution in [0, 0.1) is 13.8 Å². The Morgan fingerprint density at radius 2 is 2.19 bits per heavy atom. The molecule has 0 unspecified atom stereocenters. The number of aryl methyl sites for hydroxylation is 1. The van der Waals surface area contributed by atoms with Gasteiger partial charge in [0, 0.05) is 24.3 Å². The molecule has 112 valence electrons. The van der Waals surface area contributed by atoms with Crippen molar-refractivity contribution in [1.29, 1.82) is 0 Å². The van der Waals surface area contributed by atoms with Crippen molar-refractivity contribution in [3.05, 3.63) is 34.2 Å². The topological polar surface area (TPSA) is 98.3 Å². The van der Waals surface area contributed by atoms with Crippen molar-refractivity contribution in [2.24, 2.45) is 0 Å². The van der Waals surface area contributed by atoms with Crippen molar-refractivity contribution >= 4 is 28.3 Å². The fourth-order valence-corrected chi connectivity index (χ4v) is 2.89. The predicted molar refractivity (Wildman–Crippen MR) is 79.8 cm³/mol. The highest BCUT2D eigenvalue weighted by Gasteiger charge is 2.21. The van der Waals surface area contributed by atoms with E-state index in [1.54, 1.807) is 26.4 Å². The lowest BCUT2D eigenvalue weighted by atomic mass is 10.1. The minimum Gasteiger partial charge on any atom is -0.478 e. The molecule has 2 heterocycles. The number of amides is 2. The molecule has 0 aliphatic carbocycles. The van der Waals surface area contributed by atoms with E-state index in [9.17, 15) is 14.7 Å². The second-order valence-electron chi connectivity index (χ2n) is 4.61. The zero-order chi connectivity index (χ0) is 15.6. The van der Waals surface area contributed by atoms with Crippen LogP contribution in [-0.2, 0) is 6.54 Å². The highest BCUT2D eigenvalue weighted by Crippen LogP contribution is 2.32. The zero-order valence-corrected chi connectivity index (χ0v) is 12.7. The number of H-pyrrole nitrogens is 1. The highest BCUT2D eigenvalue weighted by atomic mass is 32.1. The van der Waals surface area contributed by atoms with Crippen LogP contribution in [0.1, 0.15) is 26.6 Å². The largest absolute Gasteiger partial charge is 0.478 e. The second-order valence-corrected chi connectivity index (χ2v) is 5.84. The number of carboxylic acids is 1. The van der Waals surface area contributed by atoms with Crippen LogP contribution in [0.3, 0.4) is 0 Å². The van der Waals surface area contributed by atoms with Crippen LogP contribution < -0.4 is 5.32 Å². The lowest BCUT2D eigenvalue weighted by Gasteiger charge is -2.16. The minimum absolute atomic E-state index is 0.150. The number of nitrogens with zero attached hydrogens (tertiary/aromatic N) is 2. The molecule has 21 heavy (non-hydrogen) atoms. The van der Waals surface area contributed by atoms with Gasteiger partial charge in [-0.25, -0.2) is 14.6 Å². The average Bonchev–Trinajstić information content (AvgIpc) is 2.99. The Bertz CT molecular complexity index is 663. The first-order valence-electron chi connectivity index (χ1n) is 6.23. The molecule has 2 aromatic rings. The number of thiophene rings is 1. The number of rotatable bonds is 4. The summed E-state index contributed by atoms with van der Waals surface area (Å²) in [5.74, 6) is -0.384. The summed E-state index contributed by atoms with van der Waals surface area (Å²) < 4.78 is 0. The number of aromatic carboxylic acids is 1. The normalized spacial score (nSPS) is 10.4. The molecule has 0 atom stereocenters. The van der Waals surface area contributed by atoms with E-state index < -0.39 is 5.97 Å². The van der Waals surface area contributed by atoms with Crippen molar-refractivity contribution in [3.63, 3.8) is 0 Å². The van der Waals surface area contributed by atoms with Crippen molar-refractivity contribution in [2.75, 3.05) is 12.4 Å². The number of carbonyl (C=O) groups is 2. The van der Waals surface area contributed by atoms with E-state index in [1.807, 2.05) is 6.92 Å². The molecule has 0 bridgehead atoms. The quantitative estimate of drug-likeness (QED) is 0.808. The third-order valence-corrected chi connectivity index (χ3v) is 4.23. The van der Waals surface area contributed by atoms with E-state index in [1.165, 1.54) is 16.2 Å². The van der Waals surface area contributed by atoms with Crippen molar-refractivity contribution in [1.82, 2.24) is 14.9 Å². The van der Waals surface area contributed by atoms with E-state index in [4.69, 9.17) is 0 Å². The molecule has 0 spiro atoms. The number of nitrogens with one attached hydrogen (secondary N) is 2. The Morgan fingerprint density at radius 1 is 1.48 bits per heavy atom. The first-order valence-corrected chi connectivity index (χ1v) is 7.05. The Balaban J connectivity index is 2.12. The maximum atomic E-state index is 12.1. The Hall–Kier alpha value is -2.35. The number of anilines is 1. The summed E-state index contributed by atoms with van der Waals surface area (Å²) in [5, 5.41) is 12.2. The van der Waals surface area contributed by atoms with Gasteiger partial charge < -0.3 is 15.0 Å². The summed E-state index contributed by atoms with van der Waals surface area (Å²) in [7, 11) is 1.62. The van der Waals surface area contributed by atoms with Crippen LogP contribution in [0.2, 0.25) is 0 Å². The first kappa shape index (κ1) is 15.0. The molecule has 0 aliphatic heterocycles. The number of hydrogen-bond donors (Lipinski definition) is 3. The van der Waals surface area contributed by atoms with E-state index in [0.29, 0.717) is 22.9 Å². The molecule has 2 aromatic heterocycles. The molecule has 3 N–H and O–H groups in total. The van der Waals surface area contributed by atoms with Crippen LogP contribution in [0.25, 0.3) is 0 Å². The fraction of sp³-hybridized carbons (Fsp3) is 0.308. The fourth-order valence-electron chi connectivity index (χ4n) is 1.85. The summed E-state index contributed by atoms with van der Waals surface area (Å²) in [4.78, 5) is 32.7. The summed E-state index contributed by atoms with van der Waals surface area (Å²) in [5.41, 5.74) is 0.828. The second kappa shape index (κ2) is 5.96. The summed E-state index contributed by atoms with van der Waals surface area (Å²) in [6.45, 7) is 3.87. The first-order chi connectivity index (χ1) is 9.90. The van der Waals surface area contributed by atoms with Crippen LogP contribution in [-0.4, -0.2) is 39.0 Å². The monoisotopic (exact) mass is 308 g/mol. The lowest BCUT2D eigenvalue weighted by molar-refractivity contribution is 0.0697. The van der Waals surface area contributed by atoms with Crippen LogP contribution in [0.15, 0.2) is 12.4 Å². The van der Waals surface area contributed by atoms with Gasteiger partial charge in [0.2, 0.25) is 0 Å². The van der Waals surface area contributed by atoms with Gasteiger partial charge in [-0.3, -0.25) is 5.32 Å². The number of imidazole rings is 1. The van der Waals surface area contributed by atoms with Gasteiger partial charge in [-0.15, -0.1) is 11.3 Å². The maximum Gasteiger partial charge on any atom is 0.338 e. The number of carbonyl (C=O) groups excluding carboxylic acids is 1. The number of hydrogen-bond acceptors (Lipinski definition) is 4. The van der Waals surface area contributed by atoms with Gasteiger partial charge in [0.25, 0.3) is 0 Å². The molecule has 0 fully saturated rings. The maximum absolute atomic E-state index is 12.1. The molecular weight excluding hydrogens is 292 g/mol. The van der Waals surface area contributed by atoms with Crippen LogP contribution >= 0.6 is 11.3 Å². The third-order valence-electron chi connectivity index (χ3n) is 3.11. The molecule has 0 aromatic carbocycles. The molecule has 0 aliphatic rings. The number of carboxylic acid groups (broad SMARTS) is 1. The van der Waals surface area contributed by atoms with Gasteiger partial charge in [-0.2, -0.15) is 0 Å². The van der Waals surface area contributed by atoms with Crippen LogP contribution in [0.5, 0.6) is 0 Å². The zero-order valence-electron chi connectivity index (χ0n) is 11.9. The molecule has 2 rings (SSSR count). The summed E-state index contributed by atoms with van der Waals surface area (Å²) in [6, 6.07) is -0.379. The lowest BCUT2D eigenvalue weighted by Crippen LogP contribution is -2.31. The smallest absolute Gasteiger partial charge is 0.338 e. The average molecular weight is 308 g/mol. The van der Waals surface area contributed by atoms with Gasteiger partial charge in [0.1, 0.15) is 10.8 Å². The van der Waals surface area contributed by atoms with Gasteiger partial charge in [0.15, 0.2) is 0 Å².